The summed E-state index contributed by atoms with van der Waals surface area (Å²) in [6.07, 6.45) is 2.35. The Morgan fingerprint density at radius 2 is 1.64 bits per heavy atom. The van der Waals surface area contributed by atoms with Crippen molar-refractivity contribution in [2.45, 2.75) is 45.6 Å². The van der Waals surface area contributed by atoms with Crippen molar-refractivity contribution >= 4 is 29.3 Å². The number of carbonyl (C=O) groups is 4. The number of methoxy groups -OCH3 is 1. The van der Waals surface area contributed by atoms with Crippen LogP contribution in [0.15, 0.2) is 77.5 Å². The number of anilines is 1. The molecular weight excluding hydrogens is 456 g/mol. The normalized spacial score (nSPS) is 18.2. The Labute approximate surface area is 211 Å². The third kappa shape index (κ3) is 4.37. The number of para-hydroxylation sites is 1. The van der Waals surface area contributed by atoms with E-state index < -0.39 is 11.4 Å². The molecule has 36 heavy (non-hydrogen) atoms. The van der Waals surface area contributed by atoms with Crippen molar-refractivity contribution in [1.82, 2.24) is 4.90 Å². The first-order chi connectivity index (χ1) is 17.2. The van der Waals surface area contributed by atoms with Crippen molar-refractivity contribution in [1.29, 1.82) is 0 Å². The minimum Gasteiger partial charge on any atom is -0.466 e. The number of Topliss-reactive ketones (excluding diaryl/α,β-unsaturated/α-hetero) is 1. The first-order valence-electron chi connectivity index (χ1n) is 11.9. The van der Waals surface area contributed by atoms with Gasteiger partial charge in [-0.2, -0.15) is 0 Å². The third-order valence-corrected chi connectivity index (χ3v) is 6.98. The van der Waals surface area contributed by atoms with E-state index in [4.69, 9.17) is 4.74 Å². The quantitative estimate of drug-likeness (QED) is 0.551. The van der Waals surface area contributed by atoms with Gasteiger partial charge in [-0.25, -0.2) is 4.79 Å². The van der Waals surface area contributed by atoms with Gasteiger partial charge in [0.05, 0.1) is 29.5 Å². The minimum absolute atomic E-state index is 0.0807. The van der Waals surface area contributed by atoms with E-state index in [1.165, 1.54) is 27.9 Å². The molecule has 0 saturated carbocycles. The van der Waals surface area contributed by atoms with Crippen molar-refractivity contribution in [3.63, 3.8) is 0 Å². The molecule has 4 rings (SSSR count). The third-order valence-electron chi connectivity index (χ3n) is 6.98. The summed E-state index contributed by atoms with van der Waals surface area (Å²) in [4.78, 5) is 54.5. The molecule has 0 saturated heterocycles. The molecule has 2 aromatic carbocycles. The fourth-order valence-corrected chi connectivity index (χ4v) is 5.30. The zero-order valence-corrected chi connectivity index (χ0v) is 21.0. The van der Waals surface area contributed by atoms with Crippen LogP contribution in [-0.4, -0.2) is 42.1 Å². The van der Waals surface area contributed by atoms with E-state index in [2.05, 4.69) is 0 Å². The Morgan fingerprint density at radius 1 is 0.972 bits per heavy atom. The molecule has 0 unspecified atom stereocenters. The fraction of sp³-hybridized carbons (Fsp3) is 0.310. The van der Waals surface area contributed by atoms with Crippen LogP contribution in [0.5, 0.6) is 0 Å². The Balaban J connectivity index is 1.88. The zero-order valence-electron chi connectivity index (χ0n) is 21.0. The summed E-state index contributed by atoms with van der Waals surface area (Å²) in [5.41, 5.74) is 2.81. The van der Waals surface area contributed by atoms with Gasteiger partial charge in [0.25, 0.3) is 0 Å². The van der Waals surface area contributed by atoms with E-state index in [9.17, 15) is 19.2 Å². The van der Waals surface area contributed by atoms with E-state index >= 15 is 0 Å². The van der Waals surface area contributed by atoms with Gasteiger partial charge >= 0.3 is 5.97 Å². The number of carbonyl (C=O) groups excluding carboxylic acids is 4. The van der Waals surface area contributed by atoms with Crippen LogP contribution >= 0.6 is 0 Å². The zero-order chi connectivity index (χ0) is 26.0. The van der Waals surface area contributed by atoms with Gasteiger partial charge in [0, 0.05) is 33.4 Å². The molecule has 186 valence electrons. The van der Waals surface area contributed by atoms with Crippen molar-refractivity contribution in [3.8, 4) is 0 Å². The predicted molar refractivity (Wildman–Crippen MR) is 136 cm³/mol. The van der Waals surface area contributed by atoms with Gasteiger partial charge in [0.15, 0.2) is 5.78 Å². The number of rotatable bonds is 7. The summed E-state index contributed by atoms with van der Waals surface area (Å²) in [6, 6.07) is 17.2. The van der Waals surface area contributed by atoms with Crippen LogP contribution in [0.1, 0.15) is 44.7 Å². The molecule has 2 amide bonds. The van der Waals surface area contributed by atoms with Gasteiger partial charge in [-0.1, -0.05) is 54.6 Å². The van der Waals surface area contributed by atoms with Crippen molar-refractivity contribution in [3.05, 3.63) is 88.6 Å². The molecule has 0 radical (unpaired) electrons. The number of ketones is 1. The van der Waals surface area contributed by atoms with Crippen molar-refractivity contribution < 1.29 is 23.9 Å². The maximum Gasteiger partial charge on any atom is 0.335 e. The number of fused-ring (bicyclic) bond motifs is 3. The van der Waals surface area contributed by atoms with E-state index in [1.54, 1.807) is 9.80 Å². The van der Waals surface area contributed by atoms with Gasteiger partial charge in [0.2, 0.25) is 11.8 Å². The largest absolute Gasteiger partial charge is 0.466 e. The van der Waals surface area contributed by atoms with Crippen molar-refractivity contribution in [2.75, 3.05) is 18.6 Å². The highest BCUT2D eigenvalue weighted by Gasteiger charge is 2.52. The number of ether oxygens (including phenoxy) is 1. The maximum atomic E-state index is 13.0. The van der Waals surface area contributed by atoms with Crippen LogP contribution in [0.25, 0.3) is 0 Å². The van der Waals surface area contributed by atoms with E-state index in [-0.39, 0.29) is 29.6 Å². The SMILES string of the molecule is COC(=O)C1=C2N(C(C)=O)c3ccccc3[C@@]2(CCN(Cc2ccccc2)C(C)=O)C=C(C(C)=O)C1. The molecule has 0 bridgehead atoms. The number of allylic oxidation sites excluding steroid dienone is 2. The molecule has 1 aliphatic heterocycles. The Bertz CT molecular complexity index is 1290. The second-order valence-corrected chi connectivity index (χ2v) is 9.24. The smallest absolute Gasteiger partial charge is 0.335 e. The van der Waals surface area contributed by atoms with Crippen LogP contribution in [0.2, 0.25) is 0 Å². The van der Waals surface area contributed by atoms with E-state index in [0.29, 0.717) is 36.5 Å². The lowest BCUT2D eigenvalue weighted by Gasteiger charge is -2.37. The second-order valence-electron chi connectivity index (χ2n) is 9.24. The molecule has 2 aromatic rings. The Hall–Kier alpha value is -4.00. The van der Waals surface area contributed by atoms with Crippen LogP contribution in [0, 0.1) is 0 Å². The Morgan fingerprint density at radius 3 is 2.25 bits per heavy atom. The molecule has 1 aliphatic carbocycles. The molecule has 0 aromatic heterocycles. The van der Waals surface area contributed by atoms with Crippen molar-refractivity contribution in [2.24, 2.45) is 0 Å². The maximum absolute atomic E-state index is 13.0. The molecule has 2 aliphatic rings. The average Bonchev–Trinajstić information content (AvgIpc) is 3.16. The predicted octanol–water partition coefficient (Wildman–Crippen LogP) is 4.08. The highest BCUT2D eigenvalue weighted by Crippen LogP contribution is 2.55. The molecule has 0 fully saturated rings. The fourth-order valence-electron chi connectivity index (χ4n) is 5.30. The summed E-state index contributed by atoms with van der Waals surface area (Å²) in [5, 5.41) is 0. The van der Waals surface area contributed by atoms with Gasteiger partial charge < -0.3 is 9.64 Å². The number of esters is 1. The lowest BCUT2D eigenvalue weighted by molar-refractivity contribution is -0.136. The molecular formula is C29H30N2O5. The Kier molecular flexibility index (Phi) is 6.93. The molecule has 7 heteroatoms. The van der Waals surface area contributed by atoms with Crippen LogP contribution in [0.4, 0.5) is 5.69 Å². The standard InChI is InChI=1S/C29H30N2O5/c1-19(32)23-16-24(28(35)36-4)27-29(17-23,25-12-8-9-13-26(25)31(27)21(3)34)14-15-30(20(2)33)18-22-10-6-5-7-11-22/h5-13,17H,14-16,18H2,1-4H3/t29-/m1/s1. The minimum atomic E-state index is -0.949. The molecule has 1 atom stereocenters. The summed E-state index contributed by atoms with van der Waals surface area (Å²) in [6.45, 7) is 5.23. The monoisotopic (exact) mass is 486 g/mol. The lowest BCUT2D eigenvalue weighted by Crippen LogP contribution is -2.41. The number of hydrogen-bond acceptors (Lipinski definition) is 5. The number of hydrogen-bond donors (Lipinski definition) is 0. The van der Waals surface area contributed by atoms with Crippen LogP contribution < -0.4 is 4.90 Å². The highest BCUT2D eigenvalue weighted by atomic mass is 16.5. The number of amides is 2. The van der Waals surface area contributed by atoms with Gasteiger partial charge in [-0.15, -0.1) is 0 Å². The van der Waals surface area contributed by atoms with E-state index in [1.807, 2.05) is 60.7 Å². The molecule has 0 spiro atoms. The van der Waals surface area contributed by atoms with Crippen LogP contribution in [0.3, 0.4) is 0 Å². The second kappa shape index (κ2) is 9.93. The van der Waals surface area contributed by atoms with Gasteiger partial charge in [-0.3, -0.25) is 19.3 Å². The van der Waals surface area contributed by atoms with Gasteiger partial charge in [0.1, 0.15) is 0 Å². The number of benzene rings is 2. The average molecular weight is 487 g/mol. The summed E-state index contributed by atoms with van der Waals surface area (Å²) in [5.74, 6) is -1.06. The number of nitrogens with zero attached hydrogens (tertiary/aromatic N) is 2. The first-order valence-corrected chi connectivity index (χ1v) is 11.9. The molecule has 1 heterocycles. The summed E-state index contributed by atoms with van der Waals surface area (Å²) < 4.78 is 5.10. The highest BCUT2D eigenvalue weighted by molar-refractivity contribution is 6.06. The molecule has 7 nitrogen and oxygen atoms in total. The summed E-state index contributed by atoms with van der Waals surface area (Å²) >= 11 is 0. The topological polar surface area (TPSA) is 84.0 Å². The van der Waals surface area contributed by atoms with E-state index in [0.717, 1.165) is 11.1 Å². The first kappa shape index (κ1) is 25.1. The van der Waals surface area contributed by atoms with Gasteiger partial charge in [-0.05, 0) is 36.1 Å². The summed E-state index contributed by atoms with van der Waals surface area (Å²) in [7, 11) is 1.29. The van der Waals surface area contributed by atoms with Crippen LogP contribution in [-0.2, 0) is 35.9 Å². The molecule has 0 N–H and O–H groups in total. The lowest BCUT2D eigenvalue weighted by atomic mass is 9.69.